The second-order valence-corrected chi connectivity index (χ2v) is 4.70. The topological polar surface area (TPSA) is 12.4 Å². The number of nitrogens with zero attached hydrogens (tertiary/aromatic N) is 1. The third-order valence-corrected chi connectivity index (χ3v) is 3.49. The SMILES string of the molecule is CCC(C)CCCC1=NCCS1. The first kappa shape index (κ1) is 10.1. The Labute approximate surface area is 80.0 Å². The Morgan fingerprint density at radius 1 is 1.58 bits per heavy atom. The monoisotopic (exact) mass is 185 g/mol. The van der Waals surface area contributed by atoms with Crippen LogP contribution in [-0.4, -0.2) is 17.3 Å². The Hall–Kier alpha value is 0.0200. The molecule has 1 nitrogen and oxygen atoms in total. The van der Waals surface area contributed by atoms with Gasteiger partial charge in [0.15, 0.2) is 0 Å². The fourth-order valence-corrected chi connectivity index (χ4v) is 2.23. The van der Waals surface area contributed by atoms with Crippen LogP contribution in [-0.2, 0) is 0 Å². The lowest BCUT2D eigenvalue weighted by Gasteiger charge is -2.06. The number of rotatable bonds is 5. The van der Waals surface area contributed by atoms with E-state index in [0.717, 1.165) is 12.5 Å². The normalized spacial score (nSPS) is 19.3. The minimum absolute atomic E-state index is 0.900. The summed E-state index contributed by atoms with van der Waals surface area (Å²) in [6.45, 7) is 5.67. The summed E-state index contributed by atoms with van der Waals surface area (Å²) in [5.41, 5.74) is 0. The molecule has 0 saturated carbocycles. The molecule has 0 saturated heterocycles. The van der Waals surface area contributed by atoms with Crippen molar-refractivity contribution in [2.75, 3.05) is 12.3 Å². The highest BCUT2D eigenvalue weighted by molar-refractivity contribution is 8.14. The van der Waals surface area contributed by atoms with Gasteiger partial charge in [0.2, 0.25) is 0 Å². The predicted molar refractivity (Wildman–Crippen MR) is 58.1 cm³/mol. The average molecular weight is 185 g/mol. The van der Waals surface area contributed by atoms with E-state index < -0.39 is 0 Å². The van der Waals surface area contributed by atoms with Crippen LogP contribution in [0.15, 0.2) is 4.99 Å². The minimum Gasteiger partial charge on any atom is -0.282 e. The number of hydrogen-bond donors (Lipinski definition) is 0. The van der Waals surface area contributed by atoms with Crippen molar-refractivity contribution < 1.29 is 0 Å². The lowest BCUT2D eigenvalue weighted by molar-refractivity contribution is 0.502. The van der Waals surface area contributed by atoms with E-state index in [0.29, 0.717) is 0 Å². The molecule has 12 heavy (non-hydrogen) atoms. The standard InChI is InChI=1S/C10H19NS/c1-3-9(2)5-4-6-10-11-7-8-12-10/h9H,3-8H2,1-2H3. The molecule has 1 atom stereocenters. The molecule has 0 bridgehead atoms. The van der Waals surface area contributed by atoms with Gasteiger partial charge in [-0.05, 0) is 18.8 Å². The molecule has 70 valence electrons. The van der Waals surface area contributed by atoms with Crippen molar-refractivity contribution in [3.05, 3.63) is 0 Å². The van der Waals surface area contributed by atoms with Crippen molar-refractivity contribution in [3.8, 4) is 0 Å². The van der Waals surface area contributed by atoms with E-state index in [1.807, 2.05) is 11.8 Å². The van der Waals surface area contributed by atoms with E-state index in [4.69, 9.17) is 0 Å². The Balaban J connectivity index is 2.01. The molecule has 0 N–H and O–H groups in total. The fourth-order valence-electron chi connectivity index (χ4n) is 1.34. The minimum atomic E-state index is 0.900. The zero-order chi connectivity index (χ0) is 8.81. The van der Waals surface area contributed by atoms with Crippen molar-refractivity contribution in [1.29, 1.82) is 0 Å². The van der Waals surface area contributed by atoms with Crippen LogP contribution in [0, 0.1) is 5.92 Å². The second kappa shape index (κ2) is 5.63. The summed E-state index contributed by atoms with van der Waals surface area (Å²) in [5, 5.41) is 1.40. The summed E-state index contributed by atoms with van der Waals surface area (Å²) in [4.78, 5) is 4.44. The van der Waals surface area contributed by atoms with E-state index >= 15 is 0 Å². The maximum Gasteiger partial charge on any atom is 0.0676 e. The summed E-state index contributed by atoms with van der Waals surface area (Å²) < 4.78 is 0. The van der Waals surface area contributed by atoms with Gasteiger partial charge in [0, 0.05) is 12.3 Å². The molecule has 0 aliphatic carbocycles. The van der Waals surface area contributed by atoms with E-state index in [2.05, 4.69) is 18.8 Å². The quantitative estimate of drug-likeness (QED) is 0.640. The Morgan fingerprint density at radius 2 is 2.42 bits per heavy atom. The molecule has 2 heteroatoms. The molecule has 0 aromatic carbocycles. The van der Waals surface area contributed by atoms with Gasteiger partial charge in [0.1, 0.15) is 0 Å². The molecule has 1 heterocycles. The first-order valence-corrected chi connectivity index (χ1v) is 5.97. The van der Waals surface area contributed by atoms with Gasteiger partial charge in [0.05, 0.1) is 5.04 Å². The van der Waals surface area contributed by atoms with Gasteiger partial charge in [-0.1, -0.05) is 26.7 Å². The summed E-state index contributed by atoms with van der Waals surface area (Å²) in [6.07, 6.45) is 5.26. The van der Waals surface area contributed by atoms with E-state index in [9.17, 15) is 0 Å². The third-order valence-electron chi connectivity index (χ3n) is 2.43. The van der Waals surface area contributed by atoms with E-state index in [-0.39, 0.29) is 0 Å². The Kier molecular flexibility index (Phi) is 4.74. The molecular weight excluding hydrogens is 166 g/mol. The van der Waals surface area contributed by atoms with Crippen LogP contribution in [0.25, 0.3) is 0 Å². The van der Waals surface area contributed by atoms with Crippen molar-refractivity contribution in [1.82, 2.24) is 0 Å². The van der Waals surface area contributed by atoms with Gasteiger partial charge in [-0.15, -0.1) is 11.8 Å². The molecule has 1 aliphatic rings. The number of hydrogen-bond acceptors (Lipinski definition) is 2. The predicted octanol–water partition coefficient (Wildman–Crippen LogP) is 3.35. The highest BCUT2D eigenvalue weighted by Crippen LogP contribution is 2.19. The van der Waals surface area contributed by atoms with Gasteiger partial charge in [-0.2, -0.15) is 0 Å². The van der Waals surface area contributed by atoms with Crippen LogP contribution in [0.3, 0.4) is 0 Å². The molecular formula is C10H19NS. The first-order valence-electron chi connectivity index (χ1n) is 4.99. The van der Waals surface area contributed by atoms with Crippen molar-refractivity contribution in [2.24, 2.45) is 10.9 Å². The summed E-state index contributed by atoms with van der Waals surface area (Å²) in [7, 11) is 0. The van der Waals surface area contributed by atoms with Crippen LogP contribution in [0.5, 0.6) is 0 Å². The number of aliphatic imine (C=N–C) groups is 1. The Morgan fingerprint density at radius 3 is 3.00 bits per heavy atom. The maximum absolute atomic E-state index is 4.44. The summed E-state index contributed by atoms with van der Waals surface area (Å²) >= 11 is 1.95. The fraction of sp³-hybridized carbons (Fsp3) is 0.900. The number of thioether (sulfide) groups is 1. The largest absolute Gasteiger partial charge is 0.282 e. The van der Waals surface area contributed by atoms with Crippen molar-refractivity contribution >= 4 is 16.8 Å². The average Bonchev–Trinajstić information content (AvgIpc) is 2.57. The zero-order valence-electron chi connectivity index (χ0n) is 8.18. The van der Waals surface area contributed by atoms with Gasteiger partial charge >= 0.3 is 0 Å². The first-order chi connectivity index (χ1) is 5.83. The summed E-state index contributed by atoms with van der Waals surface area (Å²) in [5.74, 6) is 2.12. The highest BCUT2D eigenvalue weighted by atomic mass is 32.2. The van der Waals surface area contributed by atoms with Crippen molar-refractivity contribution in [2.45, 2.75) is 39.5 Å². The molecule has 0 spiro atoms. The van der Waals surface area contributed by atoms with E-state index in [1.54, 1.807) is 0 Å². The van der Waals surface area contributed by atoms with Crippen LogP contribution >= 0.6 is 11.8 Å². The molecule has 0 radical (unpaired) electrons. The van der Waals surface area contributed by atoms with Gasteiger partial charge < -0.3 is 0 Å². The molecule has 0 amide bonds. The molecule has 1 rings (SSSR count). The summed E-state index contributed by atoms with van der Waals surface area (Å²) in [6, 6.07) is 0. The Bertz CT molecular complexity index is 154. The van der Waals surface area contributed by atoms with Crippen LogP contribution < -0.4 is 0 Å². The van der Waals surface area contributed by atoms with E-state index in [1.165, 1.54) is 36.5 Å². The molecule has 0 fully saturated rings. The zero-order valence-corrected chi connectivity index (χ0v) is 8.99. The smallest absolute Gasteiger partial charge is 0.0676 e. The third kappa shape index (κ3) is 3.61. The van der Waals surface area contributed by atoms with Crippen molar-refractivity contribution in [3.63, 3.8) is 0 Å². The second-order valence-electron chi connectivity index (χ2n) is 3.53. The highest BCUT2D eigenvalue weighted by Gasteiger charge is 2.06. The van der Waals surface area contributed by atoms with Gasteiger partial charge in [-0.3, -0.25) is 4.99 Å². The van der Waals surface area contributed by atoms with Crippen LogP contribution in [0.2, 0.25) is 0 Å². The molecule has 1 unspecified atom stereocenters. The maximum atomic E-state index is 4.44. The van der Waals surface area contributed by atoms with Crippen LogP contribution in [0.1, 0.15) is 39.5 Å². The lowest BCUT2D eigenvalue weighted by atomic mass is 10.0. The van der Waals surface area contributed by atoms with Crippen LogP contribution in [0.4, 0.5) is 0 Å². The van der Waals surface area contributed by atoms with Gasteiger partial charge in [-0.25, -0.2) is 0 Å². The lowest BCUT2D eigenvalue weighted by Crippen LogP contribution is -1.94. The molecule has 0 aromatic rings. The molecule has 1 aliphatic heterocycles. The van der Waals surface area contributed by atoms with Gasteiger partial charge in [0.25, 0.3) is 0 Å². The molecule has 0 aromatic heterocycles.